The zero-order valence-corrected chi connectivity index (χ0v) is 17.6. The number of sulfonamides is 1. The fourth-order valence-electron chi connectivity index (χ4n) is 2.59. The minimum Gasteiger partial charge on any atom is -0.395 e. The van der Waals surface area contributed by atoms with Crippen molar-refractivity contribution >= 4 is 19.9 Å². The lowest BCUT2D eigenvalue weighted by Crippen LogP contribution is -2.35. The number of benzene rings is 2. The molecule has 0 aliphatic heterocycles. The molecular weight excluding hydrogens is 445 g/mol. The van der Waals surface area contributed by atoms with Crippen LogP contribution in [-0.4, -0.2) is 60.1 Å². The van der Waals surface area contributed by atoms with Gasteiger partial charge in [0.15, 0.2) is 0 Å². The van der Waals surface area contributed by atoms with Crippen LogP contribution in [0.15, 0.2) is 63.2 Å². The predicted molar refractivity (Wildman–Crippen MR) is 103 cm³/mol. The summed E-state index contributed by atoms with van der Waals surface area (Å²) in [5, 5.41) is 8.84. The smallest absolute Gasteiger partial charge is 0.395 e. The molecule has 166 valence electrons. The average Bonchev–Trinajstić information content (AvgIpc) is 2.67. The molecule has 7 nitrogen and oxygen atoms in total. The van der Waals surface area contributed by atoms with Crippen LogP contribution in [0, 0.1) is 0 Å². The first-order valence-corrected chi connectivity index (χ1v) is 11.7. The number of likely N-dealkylation sites (N-methyl/N-ethyl adjacent to an activating group) is 1. The molecule has 0 fully saturated rings. The number of sulfone groups is 1. The molecule has 0 atom stereocenters. The monoisotopic (exact) mass is 466 g/mol. The van der Waals surface area contributed by atoms with Crippen molar-refractivity contribution in [2.75, 3.05) is 33.3 Å². The first kappa shape index (κ1) is 24.3. The number of halogens is 3. The van der Waals surface area contributed by atoms with Gasteiger partial charge >= 0.3 is 6.18 Å². The standard InChI is InChI=1S/C18H21F3N2O5S2/c1-23(11-12-24)10-9-22-30(27,28)17-13-15(7-8-16(17)18(19,20)21)29(25,26)14-5-3-2-4-6-14/h2-8,13,22,24H,9-12H2,1H3. The van der Waals surface area contributed by atoms with Gasteiger partial charge in [0.1, 0.15) is 0 Å². The van der Waals surface area contributed by atoms with Crippen LogP contribution in [0.3, 0.4) is 0 Å². The second-order valence-corrected chi connectivity index (χ2v) is 10.1. The largest absolute Gasteiger partial charge is 0.417 e. The van der Waals surface area contributed by atoms with Crippen LogP contribution in [0.5, 0.6) is 0 Å². The molecular formula is C18H21F3N2O5S2. The first-order chi connectivity index (χ1) is 13.9. The topological polar surface area (TPSA) is 104 Å². The number of aliphatic hydroxyl groups excluding tert-OH is 1. The molecule has 2 rings (SSSR count). The Morgan fingerprint density at radius 2 is 1.60 bits per heavy atom. The summed E-state index contributed by atoms with van der Waals surface area (Å²) in [6, 6.07) is 8.68. The van der Waals surface area contributed by atoms with E-state index in [1.54, 1.807) is 18.0 Å². The molecule has 0 saturated carbocycles. The summed E-state index contributed by atoms with van der Waals surface area (Å²) in [6.07, 6.45) is -5.01. The van der Waals surface area contributed by atoms with Crippen LogP contribution >= 0.6 is 0 Å². The Kier molecular flexibility index (Phi) is 7.64. The van der Waals surface area contributed by atoms with Crippen molar-refractivity contribution in [3.05, 3.63) is 54.1 Å². The van der Waals surface area contributed by atoms with Crippen molar-refractivity contribution in [2.24, 2.45) is 0 Å². The van der Waals surface area contributed by atoms with E-state index >= 15 is 0 Å². The molecule has 0 aromatic heterocycles. The van der Waals surface area contributed by atoms with Gasteiger partial charge < -0.3 is 10.0 Å². The molecule has 0 heterocycles. The number of alkyl halides is 3. The molecule has 0 bridgehead atoms. The number of hydrogen-bond donors (Lipinski definition) is 2. The lowest BCUT2D eigenvalue weighted by Gasteiger charge is -2.18. The van der Waals surface area contributed by atoms with E-state index in [2.05, 4.69) is 0 Å². The van der Waals surface area contributed by atoms with Gasteiger partial charge in [0.05, 0.1) is 26.9 Å². The molecule has 2 aromatic rings. The molecule has 0 aliphatic carbocycles. The summed E-state index contributed by atoms with van der Waals surface area (Å²) in [6.45, 7) is -0.0177. The van der Waals surface area contributed by atoms with Gasteiger partial charge in [-0.1, -0.05) is 18.2 Å². The van der Waals surface area contributed by atoms with E-state index in [-0.39, 0.29) is 31.1 Å². The third-order valence-corrected chi connectivity index (χ3v) is 7.45. The fourth-order valence-corrected chi connectivity index (χ4v) is 5.25. The molecule has 2 N–H and O–H groups in total. The molecule has 0 saturated heterocycles. The van der Waals surface area contributed by atoms with Gasteiger partial charge in [0, 0.05) is 19.6 Å². The van der Waals surface area contributed by atoms with E-state index in [0.717, 1.165) is 6.07 Å². The van der Waals surface area contributed by atoms with E-state index in [0.29, 0.717) is 12.1 Å². The van der Waals surface area contributed by atoms with Crippen molar-refractivity contribution in [1.82, 2.24) is 9.62 Å². The second kappa shape index (κ2) is 9.43. The number of nitrogens with zero attached hydrogens (tertiary/aromatic N) is 1. The highest BCUT2D eigenvalue weighted by Gasteiger charge is 2.38. The third-order valence-electron chi connectivity index (χ3n) is 4.18. The number of aliphatic hydroxyl groups is 1. The number of nitrogens with one attached hydrogen (secondary N) is 1. The summed E-state index contributed by atoms with van der Waals surface area (Å²) in [4.78, 5) is -0.341. The van der Waals surface area contributed by atoms with Gasteiger partial charge in [0.2, 0.25) is 19.9 Å². The van der Waals surface area contributed by atoms with E-state index < -0.39 is 41.4 Å². The first-order valence-electron chi connectivity index (χ1n) is 8.70. The summed E-state index contributed by atoms with van der Waals surface area (Å²) >= 11 is 0. The molecule has 2 aromatic carbocycles. The second-order valence-electron chi connectivity index (χ2n) is 6.40. The Balaban J connectivity index is 2.47. The average molecular weight is 467 g/mol. The van der Waals surface area contributed by atoms with E-state index in [1.807, 2.05) is 4.72 Å². The van der Waals surface area contributed by atoms with Crippen molar-refractivity contribution in [3.8, 4) is 0 Å². The maximum Gasteiger partial charge on any atom is 0.417 e. The highest BCUT2D eigenvalue weighted by Crippen LogP contribution is 2.36. The number of hydrogen-bond acceptors (Lipinski definition) is 6. The SMILES string of the molecule is CN(CCO)CCNS(=O)(=O)c1cc(S(=O)(=O)c2ccccc2)ccc1C(F)(F)F. The summed E-state index contributed by atoms with van der Waals surface area (Å²) < 4.78 is 92.9. The van der Waals surface area contributed by atoms with Crippen molar-refractivity contribution in [3.63, 3.8) is 0 Å². The fraction of sp³-hybridized carbons (Fsp3) is 0.333. The lowest BCUT2D eigenvalue weighted by molar-refractivity contribution is -0.139. The Morgan fingerprint density at radius 3 is 2.17 bits per heavy atom. The number of rotatable bonds is 9. The molecule has 0 unspecified atom stereocenters. The van der Waals surface area contributed by atoms with Crippen LogP contribution < -0.4 is 4.72 Å². The minimum absolute atomic E-state index is 0.128. The van der Waals surface area contributed by atoms with Gasteiger partial charge in [-0.25, -0.2) is 21.6 Å². The lowest BCUT2D eigenvalue weighted by atomic mass is 10.2. The Bertz CT molecular complexity index is 1070. The summed E-state index contributed by atoms with van der Waals surface area (Å²) in [5.41, 5.74) is -1.47. The van der Waals surface area contributed by atoms with Crippen molar-refractivity contribution in [1.29, 1.82) is 0 Å². The van der Waals surface area contributed by atoms with Crippen molar-refractivity contribution < 1.29 is 35.1 Å². The van der Waals surface area contributed by atoms with Crippen LogP contribution in [0.1, 0.15) is 5.56 Å². The van der Waals surface area contributed by atoms with Crippen LogP contribution in [0.2, 0.25) is 0 Å². The van der Waals surface area contributed by atoms with E-state index in [1.165, 1.54) is 24.3 Å². The zero-order chi connectivity index (χ0) is 22.6. The molecule has 30 heavy (non-hydrogen) atoms. The minimum atomic E-state index is -5.01. The van der Waals surface area contributed by atoms with Crippen molar-refractivity contribution in [2.45, 2.75) is 20.9 Å². The summed E-state index contributed by atoms with van der Waals surface area (Å²) in [5.74, 6) is 0. The highest BCUT2D eigenvalue weighted by atomic mass is 32.2. The van der Waals surface area contributed by atoms with Gasteiger partial charge in [-0.2, -0.15) is 13.2 Å². The molecule has 12 heteroatoms. The van der Waals surface area contributed by atoms with Crippen LogP contribution in [0.4, 0.5) is 13.2 Å². The van der Waals surface area contributed by atoms with E-state index in [9.17, 15) is 30.0 Å². The van der Waals surface area contributed by atoms with E-state index in [4.69, 9.17) is 5.11 Å². The van der Waals surface area contributed by atoms with Gasteiger partial charge in [-0.15, -0.1) is 0 Å². The molecule has 0 amide bonds. The molecule has 0 spiro atoms. The van der Waals surface area contributed by atoms with Gasteiger partial charge in [-0.3, -0.25) is 0 Å². The Hall–Kier alpha value is -1.99. The zero-order valence-electron chi connectivity index (χ0n) is 15.9. The van der Waals surface area contributed by atoms with Crippen LogP contribution in [-0.2, 0) is 26.0 Å². The maximum atomic E-state index is 13.4. The van der Waals surface area contributed by atoms with Gasteiger partial charge in [-0.05, 0) is 37.4 Å². The van der Waals surface area contributed by atoms with Gasteiger partial charge in [0.25, 0.3) is 0 Å². The third kappa shape index (κ3) is 5.79. The quantitative estimate of drug-likeness (QED) is 0.584. The molecule has 0 radical (unpaired) electrons. The Labute approximate surface area is 173 Å². The maximum absolute atomic E-state index is 13.4. The Morgan fingerprint density at radius 1 is 0.967 bits per heavy atom. The molecule has 0 aliphatic rings. The summed E-state index contributed by atoms with van der Waals surface area (Å²) in [7, 11) is -7.30. The predicted octanol–water partition coefficient (Wildman–Crippen LogP) is 1.74. The highest BCUT2D eigenvalue weighted by molar-refractivity contribution is 7.91. The normalized spacial score (nSPS) is 13.0. The van der Waals surface area contributed by atoms with Crippen LogP contribution in [0.25, 0.3) is 0 Å².